The number of hydrogen-bond donors (Lipinski definition) is 0. The fourth-order valence-electron chi connectivity index (χ4n) is 3.06. The van der Waals surface area contributed by atoms with E-state index in [-0.39, 0.29) is 30.9 Å². The topological polar surface area (TPSA) is 73.4 Å². The Labute approximate surface area is 152 Å². The van der Waals surface area contributed by atoms with E-state index in [9.17, 15) is 14.4 Å². The summed E-state index contributed by atoms with van der Waals surface area (Å²) in [6.45, 7) is 2.80. The molecule has 8 nitrogen and oxygen atoms in total. The van der Waals surface area contributed by atoms with Crippen LogP contribution < -0.4 is 9.64 Å². The van der Waals surface area contributed by atoms with Crippen LogP contribution in [0.15, 0.2) is 18.2 Å². The highest BCUT2D eigenvalue weighted by Gasteiger charge is 2.30. The van der Waals surface area contributed by atoms with Crippen LogP contribution >= 0.6 is 0 Å². The van der Waals surface area contributed by atoms with Crippen LogP contribution in [0.3, 0.4) is 0 Å². The third-order valence-corrected chi connectivity index (χ3v) is 4.70. The number of amides is 3. The molecule has 0 unspecified atom stereocenters. The van der Waals surface area contributed by atoms with E-state index < -0.39 is 0 Å². The molecule has 0 aromatic heterocycles. The molecule has 0 saturated carbocycles. The van der Waals surface area contributed by atoms with E-state index in [0.717, 1.165) is 13.1 Å². The molecule has 1 aromatic rings. The third-order valence-electron chi connectivity index (χ3n) is 4.70. The minimum atomic E-state index is -0.283. The molecule has 0 aliphatic carbocycles. The number of ether oxygens (including phenoxy) is 1. The van der Waals surface area contributed by atoms with E-state index in [1.54, 1.807) is 37.2 Å². The Morgan fingerprint density at radius 1 is 1.15 bits per heavy atom. The van der Waals surface area contributed by atoms with Crippen molar-refractivity contribution >= 4 is 23.4 Å². The standard InChI is InChI=1S/C18H24N4O4/c1-19(2)18(25)13-4-5-15-14(10-13)22(17(24)12-26-15)11-16(23)21-8-6-20(3)7-9-21/h4-5,10H,6-9,11-12H2,1-3H3. The summed E-state index contributed by atoms with van der Waals surface area (Å²) in [6.07, 6.45) is 0. The molecule has 26 heavy (non-hydrogen) atoms. The van der Waals surface area contributed by atoms with Gasteiger partial charge in [-0.25, -0.2) is 0 Å². The number of piperazine rings is 1. The highest BCUT2D eigenvalue weighted by atomic mass is 16.5. The molecule has 1 saturated heterocycles. The van der Waals surface area contributed by atoms with Gasteiger partial charge in [-0.05, 0) is 25.2 Å². The van der Waals surface area contributed by atoms with Gasteiger partial charge in [-0.15, -0.1) is 0 Å². The van der Waals surface area contributed by atoms with Crippen LogP contribution in [0.2, 0.25) is 0 Å². The molecule has 0 radical (unpaired) electrons. The second-order valence-corrected chi connectivity index (χ2v) is 6.83. The van der Waals surface area contributed by atoms with E-state index >= 15 is 0 Å². The Morgan fingerprint density at radius 3 is 2.50 bits per heavy atom. The van der Waals surface area contributed by atoms with E-state index in [2.05, 4.69) is 4.90 Å². The van der Waals surface area contributed by atoms with Crippen molar-refractivity contribution in [2.45, 2.75) is 0 Å². The van der Waals surface area contributed by atoms with Crippen molar-refractivity contribution in [2.75, 3.05) is 65.4 Å². The first-order valence-corrected chi connectivity index (χ1v) is 8.62. The van der Waals surface area contributed by atoms with Crippen LogP contribution in [0.4, 0.5) is 5.69 Å². The van der Waals surface area contributed by atoms with Gasteiger partial charge in [0.2, 0.25) is 5.91 Å². The lowest BCUT2D eigenvalue weighted by atomic mass is 10.1. The van der Waals surface area contributed by atoms with Gasteiger partial charge in [-0.1, -0.05) is 0 Å². The van der Waals surface area contributed by atoms with Gasteiger partial charge in [0.1, 0.15) is 12.3 Å². The number of likely N-dealkylation sites (N-methyl/N-ethyl adjacent to an activating group) is 1. The van der Waals surface area contributed by atoms with Gasteiger partial charge in [-0.2, -0.15) is 0 Å². The number of benzene rings is 1. The normalized spacial score (nSPS) is 17.6. The van der Waals surface area contributed by atoms with Crippen molar-refractivity contribution in [3.05, 3.63) is 23.8 Å². The summed E-state index contributed by atoms with van der Waals surface area (Å²) in [4.78, 5) is 44.1. The highest BCUT2D eigenvalue weighted by Crippen LogP contribution is 2.33. The maximum atomic E-state index is 12.7. The van der Waals surface area contributed by atoms with Gasteiger partial charge in [0, 0.05) is 45.8 Å². The molecule has 0 bridgehead atoms. The van der Waals surface area contributed by atoms with Crippen LogP contribution in [0.5, 0.6) is 5.75 Å². The monoisotopic (exact) mass is 360 g/mol. The predicted octanol–water partition coefficient (Wildman–Crippen LogP) is -0.112. The van der Waals surface area contributed by atoms with Gasteiger partial charge in [0.05, 0.1) is 5.69 Å². The molecule has 1 fully saturated rings. The summed E-state index contributed by atoms with van der Waals surface area (Å²) in [7, 11) is 5.35. The van der Waals surface area contributed by atoms with Crippen molar-refractivity contribution in [1.29, 1.82) is 0 Å². The fraction of sp³-hybridized carbons (Fsp3) is 0.500. The smallest absolute Gasteiger partial charge is 0.265 e. The van der Waals surface area contributed by atoms with Gasteiger partial charge >= 0.3 is 0 Å². The fourth-order valence-corrected chi connectivity index (χ4v) is 3.06. The molecular formula is C18H24N4O4. The average molecular weight is 360 g/mol. The largest absolute Gasteiger partial charge is 0.482 e. The number of hydrogen-bond acceptors (Lipinski definition) is 5. The number of carbonyl (C=O) groups is 3. The summed E-state index contributed by atoms with van der Waals surface area (Å²) in [5.41, 5.74) is 0.917. The quantitative estimate of drug-likeness (QED) is 0.752. The maximum absolute atomic E-state index is 12.7. The SMILES string of the molecule is CN1CCN(C(=O)CN2C(=O)COc3ccc(C(=O)N(C)C)cc32)CC1. The maximum Gasteiger partial charge on any atom is 0.265 e. The van der Waals surface area contributed by atoms with Gasteiger partial charge in [0.25, 0.3) is 11.8 Å². The van der Waals surface area contributed by atoms with E-state index in [0.29, 0.717) is 30.1 Å². The molecule has 8 heteroatoms. The van der Waals surface area contributed by atoms with Crippen LogP contribution in [0.1, 0.15) is 10.4 Å². The molecule has 0 spiro atoms. The third kappa shape index (κ3) is 3.65. The Morgan fingerprint density at radius 2 is 1.85 bits per heavy atom. The first kappa shape index (κ1) is 18.2. The molecule has 140 valence electrons. The second kappa shape index (κ2) is 7.33. The van der Waals surface area contributed by atoms with Crippen molar-refractivity contribution < 1.29 is 19.1 Å². The minimum Gasteiger partial charge on any atom is -0.482 e. The number of fused-ring (bicyclic) bond motifs is 1. The van der Waals surface area contributed by atoms with Gasteiger partial charge < -0.3 is 19.4 Å². The zero-order chi connectivity index (χ0) is 18.8. The first-order valence-electron chi connectivity index (χ1n) is 8.62. The lowest BCUT2D eigenvalue weighted by Gasteiger charge is -2.35. The average Bonchev–Trinajstić information content (AvgIpc) is 2.63. The number of anilines is 1. The summed E-state index contributed by atoms with van der Waals surface area (Å²) in [5, 5.41) is 0. The zero-order valence-corrected chi connectivity index (χ0v) is 15.4. The van der Waals surface area contributed by atoms with E-state index in [4.69, 9.17) is 4.74 Å². The Kier molecular flexibility index (Phi) is 5.13. The molecule has 2 aliphatic rings. The number of rotatable bonds is 3. The van der Waals surface area contributed by atoms with E-state index in [1.165, 1.54) is 9.80 Å². The van der Waals surface area contributed by atoms with Crippen molar-refractivity contribution in [2.24, 2.45) is 0 Å². The lowest BCUT2D eigenvalue weighted by Crippen LogP contribution is -2.52. The Bertz CT molecular complexity index is 726. The highest BCUT2D eigenvalue weighted by molar-refractivity contribution is 6.04. The van der Waals surface area contributed by atoms with Crippen LogP contribution in [-0.2, 0) is 9.59 Å². The van der Waals surface area contributed by atoms with Crippen LogP contribution in [0.25, 0.3) is 0 Å². The van der Waals surface area contributed by atoms with Crippen molar-refractivity contribution in [1.82, 2.24) is 14.7 Å². The van der Waals surface area contributed by atoms with Gasteiger partial charge in [-0.3, -0.25) is 19.3 Å². The molecule has 1 aromatic carbocycles. The number of carbonyl (C=O) groups excluding carboxylic acids is 3. The van der Waals surface area contributed by atoms with Crippen LogP contribution in [-0.4, -0.2) is 92.9 Å². The lowest BCUT2D eigenvalue weighted by molar-refractivity contribution is -0.133. The van der Waals surface area contributed by atoms with Crippen molar-refractivity contribution in [3.8, 4) is 5.75 Å². The molecule has 2 heterocycles. The predicted molar refractivity (Wildman–Crippen MR) is 96.4 cm³/mol. The second-order valence-electron chi connectivity index (χ2n) is 6.83. The molecule has 0 N–H and O–H groups in total. The van der Waals surface area contributed by atoms with Crippen molar-refractivity contribution in [3.63, 3.8) is 0 Å². The molecular weight excluding hydrogens is 336 g/mol. The summed E-state index contributed by atoms with van der Waals surface area (Å²) >= 11 is 0. The van der Waals surface area contributed by atoms with E-state index in [1.807, 2.05) is 7.05 Å². The Balaban J connectivity index is 1.82. The molecule has 3 rings (SSSR count). The minimum absolute atomic E-state index is 0.0431. The zero-order valence-electron chi connectivity index (χ0n) is 15.4. The molecule has 2 aliphatic heterocycles. The molecule has 0 atom stereocenters. The summed E-state index contributed by atoms with van der Waals surface area (Å²) < 4.78 is 5.45. The number of nitrogens with zero attached hydrogens (tertiary/aromatic N) is 4. The Hall–Kier alpha value is -2.61. The van der Waals surface area contributed by atoms with Gasteiger partial charge in [0.15, 0.2) is 6.61 Å². The van der Waals surface area contributed by atoms with Crippen LogP contribution in [0, 0.1) is 0 Å². The summed E-state index contributed by atoms with van der Waals surface area (Å²) in [6, 6.07) is 4.95. The summed E-state index contributed by atoms with van der Waals surface area (Å²) in [5.74, 6) is -0.0414. The molecule has 3 amide bonds. The first-order chi connectivity index (χ1) is 12.4.